The third-order valence-corrected chi connectivity index (χ3v) is 7.16. The van der Waals surface area contributed by atoms with Crippen molar-refractivity contribution in [1.82, 2.24) is 4.98 Å². The average Bonchev–Trinajstić information content (AvgIpc) is 2.98. The minimum absolute atomic E-state index is 0.0728. The van der Waals surface area contributed by atoms with E-state index < -0.39 is 34.4 Å². The number of rotatable bonds is 9. The van der Waals surface area contributed by atoms with Gasteiger partial charge in [0.15, 0.2) is 5.78 Å². The monoisotopic (exact) mass is 598 g/mol. The number of alkyl halides is 3. The van der Waals surface area contributed by atoms with Gasteiger partial charge in [-0.05, 0) is 67.8 Å². The van der Waals surface area contributed by atoms with Gasteiger partial charge in [0.25, 0.3) is 5.91 Å². The molecule has 2 N–H and O–H groups in total. The van der Waals surface area contributed by atoms with E-state index in [0.717, 1.165) is 62.6 Å². The lowest BCUT2D eigenvalue weighted by molar-refractivity contribution is -0.137. The number of halogens is 4. The summed E-state index contributed by atoms with van der Waals surface area (Å²) in [4.78, 5) is 39.1. The van der Waals surface area contributed by atoms with Crippen molar-refractivity contribution < 1.29 is 22.8 Å². The third kappa shape index (κ3) is 7.33. The average molecular weight is 599 g/mol. The molecule has 4 rings (SSSR count). The zero-order valence-electron chi connectivity index (χ0n) is 23.1. The molecule has 0 radical (unpaired) electrons. The van der Waals surface area contributed by atoms with Crippen LogP contribution in [0.1, 0.15) is 45.5 Å². The van der Waals surface area contributed by atoms with Crippen LogP contribution >= 0.6 is 11.6 Å². The van der Waals surface area contributed by atoms with Crippen molar-refractivity contribution in [3.8, 4) is 0 Å². The standard InChI is InChI=1S/C30H30ClF3N6O2/c1-39(2)27-14-19(10-11-36-27)29(42)38-26-9-7-22(40-12-4-3-5-13-40)16-23(26)28(41)20(17-35)18-37-21-6-8-25(31)24(15-21)30(32,33)34/h6-11,14-18,20,35H,3-5,12-13H2,1-2H3,(H,38,42). The fourth-order valence-corrected chi connectivity index (χ4v) is 4.76. The zero-order valence-corrected chi connectivity index (χ0v) is 23.8. The van der Waals surface area contributed by atoms with Crippen molar-refractivity contribution in [3.05, 3.63) is 76.4 Å². The molecular weight excluding hydrogens is 569 g/mol. The highest BCUT2D eigenvalue weighted by Gasteiger charge is 2.33. The number of hydrogen-bond acceptors (Lipinski definition) is 7. The number of hydrogen-bond donors (Lipinski definition) is 2. The summed E-state index contributed by atoms with van der Waals surface area (Å²) in [6, 6.07) is 11.5. The number of anilines is 3. The number of carbonyl (C=O) groups excluding carboxylic acids is 2. The van der Waals surface area contributed by atoms with E-state index in [4.69, 9.17) is 17.0 Å². The number of Topliss-reactive ketones (excluding diaryl/α,β-unsaturated/α-hetero) is 1. The van der Waals surface area contributed by atoms with E-state index >= 15 is 0 Å². The summed E-state index contributed by atoms with van der Waals surface area (Å²) in [5.41, 5.74) is 0.393. The molecule has 2 heterocycles. The SMILES string of the molecule is CN(C)c1cc(C(=O)Nc2ccc(N3CCCCC3)cc2C(=O)C(C=N)C=Nc2ccc(Cl)c(C(F)(F)F)c2)ccn1. The van der Waals surface area contributed by atoms with Gasteiger partial charge in [-0.25, -0.2) is 4.98 Å². The molecular formula is C30H30ClF3N6O2. The molecule has 1 aliphatic heterocycles. The molecule has 2 aromatic carbocycles. The Kier molecular flexibility index (Phi) is 9.62. The Hall–Kier alpha value is -4.25. The molecule has 0 aliphatic carbocycles. The summed E-state index contributed by atoms with van der Waals surface area (Å²) in [6.07, 6.45) is 1.94. The first kappa shape index (κ1) is 30.7. The molecule has 1 aromatic heterocycles. The Balaban J connectivity index is 1.67. The Morgan fingerprint density at radius 1 is 1.10 bits per heavy atom. The second kappa shape index (κ2) is 13.2. The number of nitrogens with zero attached hydrogens (tertiary/aromatic N) is 4. The Morgan fingerprint density at radius 2 is 1.83 bits per heavy atom. The van der Waals surface area contributed by atoms with Crippen molar-refractivity contribution in [3.63, 3.8) is 0 Å². The normalized spacial score (nSPS) is 14.5. The first-order valence-corrected chi connectivity index (χ1v) is 13.6. The molecule has 1 aliphatic rings. The molecule has 0 spiro atoms. The number of pyridine rings is 1. The molecule has 3 aromatic rings. The summed E-state index contributed by atoms with van der Waals surface area (Å²) in [5.74, 6) is -1.63. The van der Waals surface area contributed by atoms with E-state index in [1.165, 1.54) is 12.3 Å². The van der Waals surface area contributed by atoms with Crippen LogP contribution in [-0.4, -0.2) is 56.3 Å². The van der Waals surface area contributed by atoms with Crippen LogP contribution < -0.4 is 15.1 Å². The van der Waals surface area contributed by atoms with Crippen LogP contribution in [0, 0.1) is 11.3 Å². The fraction of sp³-hybridized carbons (Fsp3) is 0.300. The maximum absolute atomic E-state index is 13.8. The van der Waals surface area contributed by atoms with Gasteiger partial charge in [0.05, 0.1) is 27.9 Å². The van der Waals surface area contributed by atoms with Gasteiger partial charge in [0, 0.05) is 62.6 Å². The lowest BCUT2D eigenvalue weighted by atomic mass is 9.96. The molecule has 0 bridgehead atoms. The molecule has 0 saturated carbocycles. The predicted octanol–water partition coefficient (Wildman–Crippen LogP) is 6.91. The Labute approximate surface area is 246 Å². The maximum atomic E-state index is 13.8. The van der Waals surface area contributed by atoms with Crippen LogP contribution in [0.4, 0.5) is 36.1 Å². The van der Waals surface area contributed by atoms with Crippen LogP contribution in [0.5, 0.6) is 0 Å². The van der Waals surface area contributed by atoms with Gasteiger partial charge in [-0.2, -0.15) is 13.2 Å². The number of amides is 1. The molecule has 1 unspecified atom stereocenters. The number of benzene rings is 2. The summed E-state index contributed by atoms with van der Waals surface area (Å²) in [7, 11) is 3.60. The summed E-state index contributed by atoms with van der Waals surface area (Å²) in [6.45, 7) is 1.63. The number of nitrogens with one attached hydrogen (secondary N) is 2. The highest BCUT2D eigenvalue weighted by atomic mass is 35.5. The third-order valence-electron chi connectivity index (χ3n) is 6.83. The van der Waals surface area contributed by atoms with Crippen LogP contribution in [0.2, 0.25) is 5.02 Å². The van der Waals surface area contributed by atoms with E-state index in [2.05, 4.69) is 20.2 Å². The van der Waals surface area contributed by atoms with Crippen LogP contribution in [0.25, 0.3) is 0 Å². The smallest absolute Gasteiger partial charge is 0.372 e. The summed E-state index contributed by atoms with van der Waals surface area (Å²) >= 11 is 5.70. The van der Waals surface area contributed by atoms with Crippen LogP contribution in [0.3, 0.4) is 0 Å². The molecule has 220 valence electrons. The van der Waals surface area contributed by atoms with Gasteiger partial charge in [-0.3, -0.25) is 14.6 Å². The second-order valence-corrected chi connectivity index (χ2v) is 10.4. The lowest BCUT2D eigenvalue weighted by Crippen LogP contribution is -2.30. The quantitative estimate of drug-likeness (QED) is 0.206. The molecule has 8 nitrogen and oxygen atoms in total. The minimum atomic E-state index is -4.68. The van der Waals surface area contributed by atoms with Crippen LogP contribution in [0.15, 0.2) is 59.7 Å². The van der Waals surface area contributed by atoms with Crippen molar-refractivity contribution in [1.29, 1.82) is 5.41 Å². The first-order chi connectivity index (χ1) is 20.0. The maximum Gasteiger partial charge on any atom is 0.417 e. The molecule has 1 saturated heterocycles. The molecule has 1 fully saturated rings. The van der Waals surface area contributed by atoms with Crippen LogP contribution in [-0.2, 0) is 6.18 Å². The van der Waals surface area contributed by atoms with Gasteiger partial charge in [0.1, 0.15) is 5.82 Å². The van der Waals surface area contributed by atoms with Gasteiger partial charge >= 0.3 is 6.18 Å². The fourth-order valence-electron chi connectivity index (χ4n) is 4.54. The number of piperidine rings is 1. The Morgan fingerprint density at radius 3 is 2.50 bits per heavy atom. The summed E-state index contributed by atoms with van der Waals surface area (Å²) < 4.78 is 39.9. The lowest BCUT2D eigenvalue weighted by Gasteiger charge is -2.29. The summed E-state index contributed by atoms with van der Waals surface area (Å²) in [5, 5.41) is 10.2. The highest BCUT2D eigenvalue weighted by Crippen LogP contribution is 2.37. The Bertz CT molecular complexity index is 1500. The minimum Gasteiger partial charge on any atom is -0.372 e. The first-order valence-electron chi connectivity index (χ1n) is 13.3. The van der Waals surface area contributed by atoms with Gasteiger partial charge in [-0.15, -0.1) is 0 Å². The second-order valence-electron chi connectivity index (χ2n) is 10.0. The molecule has 1 atom stereocenters. The number of aliphatic imine (C=N–C) groups is 1. The van der Waals surface area contributed by atoms with Crippen molar-refractivity contribution in [2.24, 2.45) is 10.9 Å². The molecule has 42 heavy (non-hydrogen) atoms. The van der Waals surface area contributed by atoms with Crippen molar-refractivity contribution in [2.45, 2.75) is 25.4 Å². The number of carbonyl (C=O) groups is 2. The molecule has 1 amide bonds. The number of aromatic nitrogens is 1. The van der Waals surface area contributed by atoms with Gasteiger partial charge in [0.2, 0.25) is 0 Å². The number of ketones is 1. The van der Waals surface area contributed by atoms with E-state index in [9.17, 15) is 22.8 Å². The van der Waals surface area contributed by atoms with E-state index in [-0.39, 0.29) is 16.9 Å². The zero-order chi connectivity index (χ0) is 30.4. The van der Waals surface area contributed by atoms with E-state index in [1.807, 2.05) is 6.07 Å². The van der Waals surface area contributed by atoms with Gasteiger partial charge < -0.3 is 20.5 Å². The van der Waals surface area contributed by atoms with Gasteiger partial charge in [-0.1, -0.05) is 11.6 Å². The van der Waals surface area contributed by atoms with E-state index in [1.54, 1.807) is 43.3 Å². The molecule has 12 heteroatoms. The predicted molar refractivity (Wildman–Crippen MR) is 160 cm³/mol. The van der Waals surface area contributed by atoms with Crippen molar-refractivity contribution in [2.75, 3.05) is 42.3 Å². The van der Waals surface area contributed by atoms with E-state index in [0.29, 0.717) is 11.4 Å². The topological polar surface area (TPSA) is 102 Å². The highest BCUT2D eigenvalue weighted by molar-refractivity contribution is 6.31. The van der Waals surface area contributed by atoms with Crippen molar-refractivity contribution >= 4 is 58.6 Å². The largest absolute Gasteiger partial charge is 0.417 e.